The molecule has 9 heteroatoms. The van der Waals surface area contributed by atoms with Crippen LogP contribution in [-0.4, -0.2) is 48.9 Å². The van der Waals surface area contributed by atoms with E-state index in [0.29, 0.717) is 30.4 Å². The second-order valence-corrected chi connectivity index (χ2v) is 10.1. The normalized spacial score (nSPS) is 14.6. The molecule has 1 fully saturated rings. The Bertz CT molecular complexity index is 1200. The number of carbonyl (C=O) groups is 2. The van der Waals surface area contributed by atoms with Gasteiger partial charge in [0.1, 0.15) is 0 Å². The van der Waals surface area contributed by atoms with Gasteiger partial charge in [0.25, 0.3) is 11.5 Å². The molecule has 37 heavy (non-hydrogen) atoms. The zero-order chi connectivity index (χ0) is 27.1. The van der Waals surface area contributed by atoms with Gasteiger partial charge in [-0.3, -0.25) is 14.4 Å². The lowest BCUT2D eigenvalue weighted by molar-refractivity contribution is -0.117. The summed E-state index contributed by atoms with van der Waals surface area (Å²) in [6, 6.07) is 5.78. The predicted octanol–water partition coefficient (Wildman–Crippen LogP) is 4.01. The summed E-state index contributed by atoms with van der Waals surface area (Å²) in [5, 5.41) is 5.86. The molecule has 1 aliphatic rings. The standard InChI is InChI=1S/C28H38N4O4S/c1-7-26(33)31-19(5)20-14-22(18(4)24(15-20)32(8-2)21-9-11-36-12-10-21)27(34)29-16-23-25(37-6)13-17(3)30-28(23)35/h7,13-15,19,21H,1,8-12,16H2,2-6H3,(H,29,34)(H,30,35)(H,31,33). The first-order valence-electron chi connectivity index (χ1n) is 12.7. The van der Waals surface area contributed by atoms with E-state index in [0.717, 1.165) is 46.8 Å². The van der Waals surface area contributed by atoms with Crippen LogP contribution in [0.15, 0.2) is 40.5 Å². The van der Waals surface area contributed by atoms with Gasteiger partial charge in [0.05, 0.1) is 6.04 Å². The Balaban J connectivity index is 2.00. The van der Waals surface area contributed by atoms with Gasteiger partial charge >= 0.3 is 0 Å². The van der Waals surface area contributed by atoms with Crippen molar-refractivity contribution in [3.05, 3.63) is 69.2 Å². The maximum absolute atomic E-state index is 13.5. The number of rotatable bonds is 10. The van der Waals surface area contributed by atoms with E-state index >= 15 is 0 Å². The maximum atomic E-state index is 13.5. The summed E-state index contributed by atoms with van der Waals surface area (Å²) in [7, 11) is 0. The number of aromatic nitrogens is 1. The number of nitrogens with one attached hydrogen (secondary N) is 3. The number of amides is 2. The number of aryl methyl sites for hydroxylation is 1. The molecule has 8 nitrogen and oxygen atoms in total. The fourth-order valence-electron chi connectivity index (χ4n) is 4.78. The summed E-state index contributed by atoms with van der Waals surface area (Å²) in [6.07, 6.45) is 4.97. The van der Waals surface area contributed by atoms with Gasteiger partial charge in [0, 0.05) is 59.7 Å². The monoisotopic (exact) mass is 526 g/mol. The van der Waals surface area contributed by atoms with Gasteiger partial charge in [-0.25, -0.2) is 0 Å². The van der Waals surface area contributed by atoms with Gasteiger partial charge in [-0.05, 0) is 82.2 Å². The number of benzene rings is 1. The van der Waals surface area contributed by atoms with Crippen molar-refractivity contribution in [2.75, 3.05) is 30.9 Å². The third-order valence-corrected chi connectivity index (χ3v) is 7.65. The topological polar surface area (TPSA) is 104 Å². The Labute approximate surface area is 223 Å². The molecule has 0 saturated carbocycles. The molecule has 1 unspecified atom stereocenters. The Morgan fingerprint density at radius 2 is 1.97 bits per heavy atom. The first-order valence-corrected chi connectivity index (χ1v) is 13.9. The van der Waals surface area contributed by atoms with E-state index in [9.17, 15) is 14.4 Å². The van der Waals surface area contributed by atoms with Gasteiger partial charge in [-0.2, -0.15) is 0 Å². The highest BCUT2D eigenvalue weighted by Gasteiger charge is 2.25. The first-order chi connectivity index (χ1) is 17.7. The van der Waals surface area contributed by atoms with Crippen molar-refractivity contribution in [3.8, 4) is 0 Å². The smallest absolute Gasteiger partial charge is 0.254 e. The third-order valence-electron chi connectivity index (χ3n) is 6.85. The molecule has 0 aliphatic carbocycles. The van der Waals surface area contributed by atoms with E-state index < -0.39 is 0 Å². The van der Waals surface area contributed by atoms with Crippen LogP contribution in [0.25, 0.3) is 0 Å². The molecule has 0 radical (unpaired) electrons. The molecule has 1 aromatic carbocycles. The van der Waals surface area contributed by atoms with Crippen LogP contribution in [0.4, 0.5) is 5.69 Å². The number of hydrogen-bond donors (Lipinski definition) is 3. The molecule has 3 N–H and O–H groups in total. The number of thioether (sulfide) groups is 1. The molecule has 3 rings (SSSR count). The molecule has 200 valence electrons. The van der Waals surface area contributed by atoms with Crippen LogP contribution in [0.5, 0.6) is 0 Å². The number of pyridine rings is 1. The third kappa shape index (κ3) is 6.84. The lowest BCUT2D eigenvalue weighted by Crippen LogP contribution is -2.40. The van der Waals surface area contributed by atoms with E-state index in [-0.39, 0.29) is 30.0 Å². The number of hydrogen-bond acceptors (Lipinski definition) is 6. The minimum Gasteiger partial charge on any atom is -0.381 e. The van der Waals surface area contributed by atoms with Crippen LogP contribution in [0, 0.1) is 13.8 Å². The summed E-state index contributed by atoms with van der Waals surface area (Å²) < 4.78 is 5.57. The molecule has 0 spiro atoms. The van der Waals surface area contributed by atoms with E-state index in [4.69, 9.17) is 4.74 Å². The van der Waals surface area contributed by atoms with E-state index in [2.05, 4.69) is 40.1 Å². The van der Waals surface area contributed by atoms with Crippen molar-refractivity contribution in [1.82, 2.24) is 15.6 Å². The molecular weight excluding hydrogens is 488 g/mol. The highest BCUT2D eigenvalue weighted by molar-refractivity contribution is 7.98. The van der Waals surface area contributed by atoms with Crippen LogP contribution in [0.3, 0.4) is 0 Å². The zero-order valence-electron chi connectivity index (χ0n) is 22.4. The molecule has 2 amide bonds. The predicted molar refractivity (Wildman–Crippen MR) is 150 cm³/mol. The number of H-pyrrole nitrogens is 1. The van der Waals surface area contributed by atoms with Crippen molar-refractivity contribution in [1.29, 1.82) is 0 Å². The molecular formula is C28H38N4O4S. The van der Waals surface area contributed by atoms with Gasteiger partial charge in [0.15, 0.2) is 0 Å². The molecule has 1 saturated heterocycles. The minimum atomic E-state index is -0.326. The van der Waals surface area contributed by atoms with E-state index in [1.54, 1.807) is 0 Å². The molecule has 1 aromatic heterocycles. The second-order valence-electron chi connectivity index (χ2n) is 9.29. The summed E-state index contributed by atoms with van der Waals surface area (Å²) in [5.41, 5.74) is 4.28. The quantitative estimate of drug-likeness (QED) is 0.319. The van der Waals surface area contributed by atoms with Gasteiger partial charge in [0.2, 0.25) is 5.91 Å². The van der Waals surface area contributed by atoms with Crippen molar-refractivity contribution in [2.45, 2.75) is 64.1 Å². The average molecular weight is 527 g/mol. The highest BCUT2D eigenvalue weighted by Crippen LogP contribution is 2.32. The van der Waals surface area contributed by atoms with Gasteiger partial charge in [-0.15, -0.1) is 11.8 Å². The van der Waals surface area contributed by atoms with Crippen molar-refractivity contribution in [2.24, 2.45) is 0 Å². The summed E-state index contributed by atoms with van der Waals surface area (Å²) in [4.78, 5) is 44.1. The molecule has 1 atom stereocenters. The van der Waals surface area contributed by atoms with Crippen LogP contribution >= 0.6 is 11.8 Å². The largest absolute Gasteiger partial charge is 0.381 e. The Hall–Kier alpha value is -3.04. The molecule has 2 aromatic rings. The van der Waals surface area contributed by atoms with Crippen LogP contribution in [-0.2, 0) is 16.1 Å². The fraction of sp³-hybridized carbons (Fsp3) is 0.464. The van der Waals surface area contributed by atoms with Gasteiger partial charge < -0.3 is 25.3 Å². The number of nitrogens with zero attached hydrogens (tertiary/aromatic N) is 1. The van der Waals surface area contributed by atoms with E-state index in [1.165, 1.54) is 17.8 Å². The molecule has 2 heterocycles. The number of carbonyl (C=O) groups excluding carboxylic acids is 2. The summed E-state index contributed by atoms with van der Waals surface area (Å²) >= 11 is 1.48. The van der Waals surface area contributed by atoms with Crippen LogP contribution < -0.4 is 21.1 Å². The second kappa shape index (κ2) is 13.0. The lowest BCUT2D eigenvalue weighted by atomic mass is 9.95. The Kier molecular flexibility index (Phi) is 10.00. The highest BCUT2D eigenvalue weighted by atomic mass is 32.2. The zero-order valence-corrected chi connectivity index (χ0v) is 23.2. The summed E-state index contributed by atoms with van der Waals surface area (Å²) in [6.45, 7) is 13.6. The summed E-state index contributed by atoms with van der Waals surface area (Å²) in [5.74, 6) is -0.543. The number of aromatic amines is 1. The van der Waals surface area contributed by atoms with Crippen molar-refractivity contribution >= 4 is 29.3 Å². The van der Waals surface area contributed by atoms with E-state index in [1.807, 2.05) is 39.2 Å². The first kappa shape index (κ1) is 28.5. The average Bonchev–Trinajstić information content (AvgIpc) is 2.89. The lowest BCUT2D eigenvalue weighted by Gasteiger charge is -2.37. The Morgan fingerprint density at radius 1 is 1.27 bits per heavy atom. The SMILES string of the molecule is C=CC(=O)NC(C)c1cc(C(=O)NCc2c(SC)cc(C)[nH]c2=O)c(C)c(N(CC)C2CCOCC2)c1. The van der Waals surface area contributed by atoms with Crippen molar-refractivity contribution in [3.63, 3.8) is 0 Å². The minimum absolute atomic E-state index is 0.115. The fourth-order valence-corrected chi connectivity index (χ4v) is 5.49. The Morgan fingerprint density at radius 3 is 2.59 bits per heavy atom. The van der Waals surface area contributed by atoms with Crippen LogP contribution in [0.1, 0.15) is 65.5 Å². The van der Waals surface area contributed by atoms with Crippen LogP contribution in [0.2, 0.25) is 0 Å². The number of anilines is 1. The number of ether oxygens (including phenoxy) is 1. The van der Waals surface area contributed by atoms with Gasteiger partial charge in [-0.1, -0.05) is 6.58 Å². The maximum Gasteiger partial charge on any atom is 0.254 e. The molecule has 0 bridgehead atoms. The molecule has 1 aliphatic heterocycles. The van der Waals surface area contributed by atoms with Crippen molar-refractivity contribution < 1.29 is 14.3 Å².